The number of carbonyl (C=O) groups is 1. The van der Waals surface area contributed by atoms with Crippen LogP contribution in [0.15, 0.2) is 24.3 Å². The number of carbonyl (C=O) groups excluding carboxylic acids is 1. The Morgan fingerprint density at radius 2 is 2.06 bits per heavy atom. The van der Waals surface area contributed by atoms with Gasteiger partial charge < -0.3 is 16.4 Å². The Labute approximate surface area is 112 Å². The first-order valence-corrected chi connectivity index (χ1v) is 7.32. The van der Waals surface area contributed by atoms with Crippen LogP contribution in [0.5, 0.6) is 0 Å². The fourth-order valence-electron chi connectivity index (χ4n) is 2.01. The topological polar surface area (TPSA) is 67.2 Å². The molecule has 0 aliphatic heterocycles. The van der Waals surface area contributed by atoms with E-state index in [0.29, 0.717) is 5.69 Å². The lowest BCUT2D eigenvalue weighted by atomic mass is 9.84. The van der Waals surface area contributed by atoms with E-state index in [1.807, 2.05) is 11.8 Å². The Hall–Kier alpha value is -1.36. The molecular formula is C13H19N3OS. The summed E-state index contributed by atoms with van der Waals surface area (Å²) < 4.78 is 0.262. The van der Waals surface area contributed by atoms with Crippen LogP contribution in [0.3, 0.4) is 0 Å². The van der Waals surface area contributed by atoms with E-state index in [1.165, 1.54) is 19.3 Å². The average Bonchev–Trinajstić information content (AvgIpc) is 2.31. The highest BCUT2D eigenvalue weighted by Crippen LogP contribution is 2.42. The number of benzene rings is 1. The number of hydrogen-bond acceptors (Lipinski definition) is 3. The van der Waals surface area contributed by atoms with Crippen molar-refractivity contribution in [3.8, 4) is 0 Å². The van der Waals surface area contributed by atoms with Crippen molar-refractivity contribution in [1.82, 2.24) is 5.32 Å². The molecule has 0 heterocycles. The standard InChI is InChI=1S/C13H19N3OS/c1-18-13(7-2-8-13)9-15-12(17)16-11-5-3-10(14)4-6-11/h3-6H,2,7-9,14H2,1H3,(H2,15,16,17). The lowest BCUT2D eigenvalue weighted by molar-refractivity contribution is 0.247. The van der Waals surface area contributed by atoms with Crippen molar-refractivity contribution < 1.29 is 4.79 Å². The van der Waals surface area contributed by atoms with Gasteiger partial charge in [0.25, 0.3) is 0 Å². The second-order valence-corrected chi connectivity index (χ2v) is 5.94. The Kier molecular flexibility index (Phi) is 4.01. The molecule has 1 aromatic carbocycles. The van der Waals surface area contributed by atoms with E-state index in [2.05, 4.69) is 16.9 Å². The largest absolute Gasteiger partial charge is 0.399 e. The van der Waals surface area contributed by atoms with Crippen LogP contribution in [0.2, 0.25) is 0 Å². The first-order chi connectivity index (χ1) is 8.63. The monoisotopic (exact) mass is 265 g/mol. The molecule has 2 rings (SSSR count). The Bertz CT molecular complexity index is 409. The van der Waals surface area contributed by atoms with Gasteiger partial charge in [-0.05, 0) is 43.4 Å². The van der Waals surface area contributed by atoms with Crippen molar-refractivity contribution in [2.24, 2.45) is 0 Å². The fraction of sp³-hybridized carbons (Fsp3) is 0.462. The molecule has 1 aromatic rings. The predicted octanol–water partition coefficient (Wildman–Crippen LogP) is 2.68. The third-order valence-electron chi connectivity index (χ3n) is 3.44. The number of thioether (sulfide) groups is 1. The van der Waals surface area contributed by atoms with E-state index < -0.39 is 0 Å². The van der Waals surface area contributed by atoms with Crippen molar-refractivity contribution in [1.29, 1.82) is 0 Å². The summed E-state index contributed by atoms with van der Waals surface area (Å²) in [6.07, 6.45) is 5.76. The second-order valence-electron chi connectivity index (χ2n) is 4.67. The van der Waals surface area contributed by atoms with Gasteiger partial charge in [0.05, 0.1) is 0 Å². The van der Waals surface area contributed by atoms with E-state index in [-0.39, 0.29) is 10.8 Å². The molecule has 1 aliphatic carbocycles. The lowest BCUT2D eigenvalue weighted by Gasteiger charge is -2.40. The van der Waals surface area contributed by atoms with Crippen LogP contribution >= 0.6 is 11.8 Å². The highest BCUT2D eigenvalue weighted by molar-refractivity contribution is 8.00. The molecule has 1 fully saturated rings. The quantitative estimate of drug-likeness (QED) is 0.733. The molecule has 0 saturated heterocycles. The van der Waals surface area contributed by atoms with Crippen LogP contribution in [0, 0.1) is 0 Å². The van der Waals surface area contributed by atoms with E-state index in [9.17, 15) is 4.79 Å². The number of rotatable bonds is 4. The predicted molar refractivity (Wildman–Crippen MR) is 78.0 cm³/mol. The van der Waals surface area contributed by atoms with E-state index in [4.69, 9.17) is 5.73 Å². The number of urea groups is 1. The van der Waals surface area contributed by atoms with Gasteiger partial charge in [-0.25, -0.2) is 4.79 Å². The molecule has 0 atom stereocenters. The first-order valence-electron chi connectivity index (χ1n) is 6.09. The normalized spacial score (nSPS) is 16.7. The van der Waals surface area contributed by atoms with Crippen LogP contribution in [0.25, 0.3) is 0 Å². The first kappa shape index (κ1) is 13.1. The Morgan fingerprint density at radius 1 is 1.39 bits per heavy atom. The van der Waals surface area contributed by atoms with Gasteiger partial charge in [0.2, 0.25) is 0 Å². The van der Waals surface area contributed by atoms with Gasteiger partial charge in [0.1, 0.15) is 0 Å². The molecule has 18 heavy (non-hydrogen) atoms. The number of nitrogens with two attached hydrogens (primary N) is 1. The number of hydrogen-bond donors (Lipinski definition) is 3. The SMILES string of the molecule is CSC1(CNC(=O)Nc2ccc(N)cc2)CCC1. The van der Waals surface area contributed by atoms with Gasteiger partial charge in [-0.3, -0.25) is 0 Å². The molecule has 0 bridgehead atoms. The average molecular weight is 265 g/mol. The van der Waals surface area contributed by atoms with Crippen LogP contribution in [-0.2, 0) is 0 Å². The molecule has 5 heteroatoms. The van der Waals surface area contributed by atoms with Gasteiger partial charge in [0.15, 0.2) is 0 Å². The number of anilines is 2. The number of nitrogen functional groups attached to an aromatic ring is 1. The van der Waals surface area contributed by atoms with Crippen molar-refractivity contribution in [3.63, 3.8) is 0 Å². The van der Waals surface area contributed by atoms with Crippen LogP contribution in [-0.4, -0.2) is 23.6 Å². The van der Waals surface area contributed by atoms with E-state index in [1.54, 1.807) is 24.3 Å². The summed E-state index contributed by atoms with van der Waals surface area (Å²) in [5, 5.41) is 5.74. The zero-order valence-corrected chi connectivity index (χ0v) is 11.3. The lowest BCUT2D eigenvalue weighted by Crippen LogP contribution is -2.46. The maximum Gasteiger partial charge on any atom is 0.319 e. The summed E-state index contributed by atoms with van der Waals surface area (Å²) >= 11 is 1.85. The van der Waals surface area contributed by atoms with Gasteiger partial charge >= 0.3 is 6.03 Å². The van der Waals surface area contributed by atoms with Crippen molar-refractivity contribution in [2.75, 3.05) is 23.9 Å². The van der Waals surface area contributed by atoms with E-state index >= 15 is 0 Å². The maximum atomic E-state index is 11.7. The highest BCUT2D eigenvalue weighted by atomic mass is 32.2. The number of nitrogens with one attached hydrogen (secondary N) is 2. The molecule has 0 spiro atoms. The Morgan fingerprint density at radius 3 is 2.56 bits per heavy atom. The summed E-state index contributed by atoms with van der Waals surface area (Å²) in [6.45, 7) is 0.731. The third-order valence-corrected chi connectivity index (χ3v) is 4.86. The summed E-state index contributed by atoms with van der Waals surface area (Å²) in [5.41, 5.74) is 7.04. The molecule has 0 radical (unpaired) electrons. The summed E-state index contributed by atoms with van der Waals surface area (Å²) in [4.78, 5) is 11.7. The molecule has 1 aliphatic rings. The molecule has 2 amide bonds. The van der Waals surface area contributed by atoms with Crippen LogP contribution < -0.4 is 16.4 Å². The zero-order chi connectivity index (χ0) is 13.0. The molecule has 98 valence electrons. The second kappa shape index (κ2) is 5.52. The summed E-state index contributed by atoms with van der Waals surface area (Å²) in [7, 11) is 0. The minimum Gasteiger partial charge on any atom is -0.399 e. The highest BCUT2D eigenvalue weighted by Gasteiger charge is 2.36. The van der Waals surface area contributed by atoms with Crippen molar-refractivity contribution >= 4 is 29.2 Å². The zero-order valence-electron chi connectivity index (χ0n) is 10.5. The van der Waals surface area contributed by atoms with Crippen LogP contribution in [0.1, 0.15) is 19.3 Å². The molecule has 0 aromatic heterocycles. The number of amides is 2. The van der Waals surface area contributed by atoms with Gasteiger partial charge in [-0.15, -0.1) is 0 Å². The summed E-state index contributed by atoms with van der Waals surface area (Å²) in [5.74, 6) is 0. The minimum atomic E-state index is -0.153. The van der Waals surface area contributed by atoms with Crippen molar-refractivity contribution in [2.45, 2.75) is 24.0 Å². The van der Waals surface area contributed by atoms with Crippen molar-refractivity contribution in [3.05, 3.63) is 24.3 Å². The fourth-order valence-corrected chi connectivity index (χ4v) is 2.92. The van der Waals surface area contributed by atoms with Gasteiger partial charge in [-0.1, -0.05) is 6.42 Å². The Balaban J connectivity index is 1.80. The molecule has 1 saturated carbocycles. The van der Waals surface area contributed by atoms with Gasteiger partial charge in [0, 0.05) is 22.7 Å². The van der Waals surface area contributed by atoms with E-state index in [0.717, 1.165) is 12.2 Å². The molecule has 0 unspecified atom stereocenters. The molecular weight excluding hydrogens is 246 g/mol. The molecule has 4 nitrogen and oxygen atoms in total. The maximum absolute atomic E-state index is 11.7. The minimum absolute atomic E-state index is 0.153. The van der Waals surface area contributed by atoms with Gasteiger partial charge in [-0.2, -0.15) is 11.8 Å². The smallest absolute Gasteiger partial charge is 0.319 e. The molecule has 4 N–H and O–H groups in total. The van der Waals surface area contributed by atoms with Crippen LogP contribution in [0.4, 0.5) is 16.2 Å². The third kappa shape index (κ3) is 3.10. The summed E-state index contributed by atoms with van der Waals surface area (Å²) in [6, 6.07) is 6.97.